The third-order valence-corrected chi connectivity index (χ3v) is 6.06. The van der Waals surface area contributed by atoms with Crippen LogP contribution in [0.15, 0.2) is 77.7 Å². The molecule has 1 aliphatic rings. The number of rotatable bonds is 6. The van der Waals surface area contributed by atoms with Gasteiger partial charge in [0.25, 0.3) is 17.3 Å². The van der Waals surface area contributed by atoms with Crippen LogP contribution in [0, 0.1) is 20.2 Å². The van der Waals surface area contributed by atoms with Crippen LogP contribution in [0.1, 0.15) is 15.9 Å². The third-order valence-electron chi connectivity index (χ3n) is 4.76. The Balaban J connectivity index is 1.50. The highest BCUT2D eigenvalue weighted by molar-refractivity contribution is 8.27. The first-order chi connectivity index (χ1) is 16.7. The second kappa shape index (κ2) is 9.83. The number of anilines is 1. The molecular formula is C23H13N3O7S2. The van der Waals surface area contributed by atoms with Gasteiger partial charge in [-0.2, -0.15) is 0 Å². The molecule has 4 rings (SSSR count). The molecule has 0 spiro atoms. The number of benzene rings is 3. The molecule has 10 nitrogen and oxygen atoms in total. The smallest absolute Gasteiger partial charge is 0.344 e. The molecule has 35 heavy (non-hydrogen) atoms. The molecule has 0 saturated carbocycles. The van der Waals surface area contributed by atoms with E-state index >= 15 is 0 Å². The van der Waals surface area contributed by atoms with Gasteiger partial charge in [-0.3, -0.25) is 29.9 Å². The first kappa shape index (κ1) is 23.7. The van der Waals surface area contributed by atoms with E-state index in [1.54, 1.807) is 30.3 Å². The zero-order valence-electron chi connectivity index (χ0n) is 17.5. The van der Waals surface area contributed by atoms with E-state index in [0.717, 1.165) is 30.0 Å². The lowest BCUT2D eigenvalue weighted by atomic mass is 10.1. The molecule has 3 aromatic rings. The number of hydrogen-bond acceptors (Lipinski definition) is 9. The summed E-state index contributed by atoms with van der Waals surface area (Å²) >= 11 is 6.51. The van der Waals surface area contributed by atoms with E-state index in [0.29, 0.717) is 20.5 Å². The van der Waals surface area contributed by atoms with Crippen molar-refractivity contribution in [3.8, 4) is 5.75 Å². The Morgan fingerprint density at radius 1 is 0.943 bits per heavy atom. The molecule has 1 fully saturated rings. The third kappa shape index (κ3) is 5.23. The molecule has 0 bridgehead atoms. The van der Waals surface area contributed by atoms with Crippen molar-refractivity contribution in [3.63, 3.8) is 0 Å². The molecule has 1 amide bonds. The fraction of sp³-hybridized carbons (Fsp3) is 0. The van der Waals surface area contributed by atoms with E-state index in [1.165, 1.54) is 17.0 Å². The maximum absolute atomic E-state index is 12.8. The monoisotopic (exact) mass is 507 g/mol. The van der Waals surface area contributed by atoms with Gasteiger partial charge in [-0.15, -0.1) is 0 Å². The largest absolute Gasteiger partial charge is 0.423 e. The molecule has 1 saturated heterocycles. The Kier molecular flexibility index (Phi) is 6.66. The van der Waals surface area contributed by atoms with Gasteiger partial charge in [0, 0.05) is 12.1 Å². The molecule has 0 radical (unpaired) electrons. The second-order valence-corrected chi connectivity index (χ2v) is 8.74. The van der Waals surface area contributed by atoms with Crippen molar-refractivity contribution in [3.05, 3.63) is 109 Å². The van der Waals surface area contributed by atoms with Crippen molar-refractivity contribution < 1.29 is 24.2 Å². The summed E-state index contributed by atoms with van der Waals surface area (Å²) in [6.07, 6.45) is 1.65. The van der Waals surface area contributed by atoms with Gasteiger partial charge in [0.2, 0.25) is 0 Å². The van der Waals surface area contributed by atoms with Crippen LogP contribution in [0.2, 0.25) is 0 Å². The minimum absolute atomic E-state index is 0.109. The molecule has 12 heteroatoms. The Morgan fingerprint density at radius 3 is 2.11 bits per heavy atom. The van der Waals surface area contributed by atoms with Gasteiger partial charge in [-0.1, -0.05) is 54.3 Å². The molecule has 174 valence electrons. The summed E-state index contributed by atoms with van der Waals surface area (Å²) in [4.78, 5) is 47.5. The normalized spacial score (nSPS) is 14.3. The van der Waals surface area contributed by atoms with Gasteiger partial charge in [0.1, 0.15) is 5.75 Å². The zero-order valence-corrected chi connectivity index (χ0v) is 19.2. The second-order valence-electron chi connectivity index (χ2n) is 7.06. The number of non-ortho nitro benzene ring substituents is 2. The number of ether oxygens (including phenoxy) is 1. The molecule has 0 unspecified atom stereocenters. The Hall–Kier alpha value is -4.42. The highest BCUT2D eigenvalue weighted by atomic mass is 32.2. The fourth-order valence-electron chi connectivity index (χ4n) is 3.14. The lowest BCUT2D eigenvalue weighted by Crippen LogP contribution is -2.27. The minimum atomic E-state index is -0.992. The van der Waals surface area contributed by atoms with E-state index in [9.17, 15) is 29.8 Å². The van der Waals surface area contributed by atoms with Crippen molar-refractivity contribution in [1.82, 2.24) is 0 Å². The van der Waals surface area contributed by atoms with E-state index in [2.05, 4.69) is 0 Å². The number of thiocarbonyl (C=S) groups is 1. The van der Waals surface area contributed by atoms with Crippen LogP contribution in [0.3, 0.4) is 0 Å². The summed E-state index contributed by atoms with van der Waals surface area (Å²) < 4.78 is 5.61. The van der Waals surface area contributed by atoms with Crippen LogP contribution < -0.4 is 9.64 Å². The predicted molar refractivity (Wildman–Crippen MR) is 133 cm³/mol. The van der Waals surface area contributed by atoms with Gasteiger partial charge >= 0.3 is 5.97 Å². The number of thioether (sulfide) groups is 1. The first-order valence-corrected chi connectivity index (χ1v) is 11.0. The van der Waals surface area contributed by atoms with E-state index in [1.807, 2.05) is 18.2 Å². The zero-order chi connectivity index (χ0) is 25.1. The lowest BCUT2D eigenvalue weighted by Gasteiger charge is -2.13. The summed E-state index contributed by atoms with van der Waals surface area (Å²) in [5.41, 5.74) is -0.227. The first-order valence-electron chi connectivity index (χ1n) is 9.82. The van der Waals surface area contributed by atoms with Gasteiger partial charge in [-0.25, -0.2) is 4.79 Å². The highest BCUT2D eigenvalue weighted by Gasteiger charge is 2.33. The summed E-state index contributed by atoms with van der Waals surface area (Å²) in [6.45, 7) is 0. The fourth-order valence-corrected chi connectivity index (χ4v) is 4.44. The number of amides is 1. The average molecular weight is 508 g/mol. The topological polar surface area (TPSA) is 133 Å². The quantitative estimate of drug-likeness (QED) is 0.111. The van der Waals surface area contributed by atoms with Crippen molar-refractivity contribution >= 4 is 63.3 Å². The SMILES string of the molecule is O=C(Oc1ccc(/C=C2/SC(=S)N(c3ccccc3)C2=O)cc1)c1cc([N+](=O)[O-])cc([N+](=O)[O-])c1. The van der Waals surface area contributed by atoms with Crippen molar-refractivity contribution in [2.24, 2.45) is 0 Å². The summed E-state index contributed by atoms with van der Waals surface area (Å²) in [6, 6.07) is 17.7. The Morgan fingerprint density at radius 2 is 1.54 bits per heavy atom. The number of nitro groups is 2. The number of hydrogen-bond donors (Lipinski definition) is 0. The molecule has 3 aromatic carbocycles. The van der Waals surface area contributed by atoms with Gasteiger partial charge < -0.3 is 4.74 Å². The molecule has 0 aliphatic carbocycles. The number of para-hydroxylation sites is 1. The number of nitrogens with zero attached hydrogens (tertiary/aromatic N) is 3. The number of carbonyl (C=O) groups is 2. The molecule has 1 heterocycles. The predicted octanol–water partition coefficient (Wildman–Crippen LogP) is 5.13. The van der Waals surface area contributed by atoms with Crippen molar-refractivity contribution in [2.45, 2.75) is 0 Å². The lowest BCUT2D eigenvalue weighted by molar-refractivity contribution is -0.394. The molecule has 1 aliphatic heterocycles. The Labute approximate surface area is 207 Å². The summed E-state index contributed by atoms with van der Waals surface area (Å²) in [5, 5.41) is 22.0. The number of esters is 1. The standard InChI is InChI=1S/C23H13N3O7S2/c27-21-20(35-23(34)24(21)16-4-2-1-3-5-16)10-14-6-8-19(9-7-14)33-22(28)15-11-17(25(29)30)13-18(12-15)26(31)32/h1-13H/b20-10+. The average Bonchev–Trinajstić information content (AvgIpc) is 3.12. The van der Waals surface area contributed by atoms with Crippen LogP contribution in [-0.4, -0.2) is 26.0 Å². The number of carbonyl (C=O) groups excluding carboxylic acids is 2. The molecule has 0 aromatic heterocycles. The van der Waals surface area contributed by atoms with Gasteiger partial charge in [0.15, 0.2) is 4.32 Å². The van der Waals surface area contributed by atoms with Crippen LogP contribution in [-0.2, 0) is 4.79 Å². The van der Waals surface area contributed by atoms with E-state index in [-0.39, 0.29) is 17.2 Å². The highest BCUT2D eigenvalue weighted by Crippen LogP contribution is 2.36. The molecule has 0 atom stereocenters. The van der Waals surface area contributed by atoms with Crippen LogP contribution in [0.25, 0.3) is 6.08 Å². The van der Waals surface area contributed by atoms with Gasteiger partial charge in [0.05, 0.1) is 32.1 Å². The van der Waals surface area contributed by atoms with Crippen molar-refractivity contribution in [1.29, 1.82) is 0 Å². The van der Waals surface area contributed by atoms with Crippen LogP contribution in [0.4, 0.5) is 17.1 Å². The number of nitro benzene ring substituents is 2. The summed E-state index contributed by atoms with van der Waals surface area (Å²) in [7, 11) is 0. The maximum Gasteiger partial charge on any atom is 0.344 e. The van der Waals surface area contributed by atoms with Crippen molar-refractivity contribution in [2.75, 3.05) is 4.90 Å². The Bertz CT molecular complexity index is 1370. The molecule has 0 N–H and O–H groups in total. The summed E-state index contributed by atoms with van der Waals surface area (Å²) in [5.74, 6) is -1.14. The van der Waals surface area contributed by atoms with E-state index < -0.39 is 27.2 Å². The molecular weight excluding hydrogens is 494 g/mol. The van der Waals surface area contributed by atoms with Gasteiger partial charge in [-0.05, 0) is 35.9 Å². The van der Waals surface area contributed by atoms with Crippen LogP contribution >= 0.6 is 24.0 Å². The maximum atomic E-state index is 12.8. The van der Waals surface area contributed by atoms with E-state index in [4.69, 9.17) is 17.0 Å². The van der Waals surface area contributed by atoms with Crippen LogP contribution in [0.5, 0.6) is 5.75 Å². The minimum Gasteiger partial charge on any atom is -0.423 e.